The quantitative estimate of drug-likeness (QED) is 0.375. The van der Waals surface area contributed by atoms with E-state index in [-0.39, 0.29) is 47.8 Å². The Morgan fingerprint density at radius 2 is 1.79 bits per heavy atom. The molecule has 0 bridgehead atoms. The molecule has 0 spiro atoms. The van der Waals surface area contributed by atoms with Gasteiger partial charge in [-0.15, -0.1) is 0 Å². The first-order valence-electron chi connectivity index (χ1n) is 3.38. The van der Waals surface area contributed by atoms with Crippen molar-refractivity contribution < 1.29 is 50.8 Å². The van der Waals surface area contributed by atoms with E-state index in [4.69, 9.17) is 15.9 Å². The van der Waals surface area contributed by atoms with Gasteiger partial charge in [-0.25, -0.2) is 9.59 Å². The van der Waals surface area contributed by atoms with Gasteiger partial charge in [0.25, 0.3) is 0 Å². The molecule has 0 aliphatic heterocycles. The van der Waals surface area contributed by atoms with Crippen molar-refractivity contribution in [2.45, 2.75) is 0 Å². The molecule has 0 unspecified atom stereocenters. The molecule has 0 amide bonds. The van der Waals surface area contributed by atoms with Gasteiger partial charge < -0.3 is 17.4 Å². The van der Waals surface area contributed by atoms with Gasteiger partial charge in [0.1, 0.15) is 0 Å². The Balaban J connectivity index is 0. The molecule has 0 radical (unpaired) electrons. The van der Waals surface area contributed by atoms with Crippen molar-refractivity contribution in [2.75, 3.05) is 5.73 Å². The number of benzene rings is 1. The summed E-state index contributed by atoms with van der Waals surface area (Å²) < 4.78 is 0. The van der Waals surface area contributed by atoms with Gasteiger partial charge in [0.2, 0.25) is 0 Å². The molecule has 0 saturated heterocycles. The number of carbonyl (C=O) groups is 2. The van der Waals surface area contributed by atoms with Crippen LogP contribution in [0.25, 0.3) is 0 Å². The van der Waals surface area contributed by atoms with Crippen LogP contribution in [0.2, 0.25) is 0 Å². The average Bonchev–Trinajstić information content (AvgIpc) is 2.03. The van der Waals surface area contributed by atoms with Gasteiger partial charge in [-0.05, 0) is 18.2 Å². The summed E-state index contributed by atoms with van der Waals surface area (Å²) in [5.74, 6) is -2.31. The number of aromatic carboxylic acids is 2. The molecule has 1 rings (SSSR count). The van der Waals surface area contributed by atoms with E-state index in [2.05, 4.69) is 0 Å². The average molecular weight is 205 g/mol. The summed E-state index contributed by atoms with van der Waals surface area (Å²) in [5, 5.41) is 17.1. The van der Waals surface area contributed by atoms with Crippen molar-refractivity contribution in [3.8, 4) is 0 Å². The molecule has 14 heavy (non-hydrogen) atoms. The van der Waals surface area contributed by atoms with Crippen molar-refractivity contribution in [3.05, 3.63) is 29.3 Å². The molecule has 70 valence electrons. The van der Waals surface area contributed by atoms with Gasteiger partial charge in [0, 0.05) is 5.69 Å². The van der Waals surface area contributed by atoms with E-state index in [1.165, 1.54) is 12.1 Å². The van der Waals surface area contributed by atoms with Crippen LogP contribution in [-0.4, -0.2) is 22.2 Å². The number of nitrogens with two attached hydrogens (primary N) is 1. The van der Waals surface area contributed by atoms with Crippen LogP contribution in [0.3, 0.4) is 0 Å². The number of carboxylic acid groups (broad SMARTS) is 2. The van der Waals surface area contributed by atoms with Crippen LogP contribution in [0.1, 0.15) is 22.1 Å². The topological polar surface area (TPSA) is 101 Å². The number of rotatable bonds is 2. The summed E-state index contributed by atoms with van der Waals surface area (Å²) in [7, 11) is 0. The number of nitrogen functional groups attached to an aromatic ring is 1. The summed E-state index contributed by atoms with van der Waals surface area (Å²) in [6, 6.07) is 3.48. The van der Waals surface area contributed by atoms with E-state index in [1.807, 2.05) is 0 Å². The number of hydrogen-bond acceptors (Lipinski definition) is 3. The second kappa shape index (κ2) is 4.99. The van der Waals surface area contributed by atoms with Gasteiger partial charge in [-0.3, -0.25) is 0 Å². The van der Waals surface area contributed by atoms with Crippen molar-refractivity contribution in [3.63, 3.8) is 0 Å². The van der Waals surface area contributed by atoms with Crippen molar-refractivity contribution in [2.24, 2.45) is 0 Å². The van der Waals surface area contributed by atoms with Crippen molar-refractivity contribution >= 4 is 17.6 Å². The van der Waals surface area contributed by atoms with Crippen LogP contribution in [0.5, 0.6) is 0 Å². The zero-order valence-electron chi connectivity index (χ0n) is 8.52. The minimum Gasteiger partial charge on any atom is -1.00 e. The second-order valence-corrected chi connectivity index (χ2v) is 2.41. The Morgan fingerprint density at radius 1 is 1.21 bits per heavy atom. The van der Waals surface area contributed by atoms with Gasteiger partial charge in [0.05, 0.1) is 11.1 Å². The molecular weight excluding hydrogens is 197 g/mol. The molecule has 0 atom stereocenters. The van der Waals surface area contributed by atoms with E-state index >= 15 is 0 Å². The normalized spacial score (nSPS) is 8.86. The molecule has 6 heteroatoms. The monoisotopic (exact) mass is 205 g/mol. The fourth-order valence-electron chi connectivity index (χ4n) is 0.891. The molecule has 0 aromatic heterocycles. The van der Waals surface area contributed by atoms with E-state index in [0.29, 0.717) is 0 Å². The third kappa shape index (κ3) is 2.73. The van der Waals surface area contributed by atoms with Crippen LogP contribution in [-0.2, 0) is 0 Å². The minimum absolute atomic E-state index is 0. The fourth-order valence-corrected chi connectivity index (χ4v) is 0.891. The molecular formula is C8H8NNaO4. The first-order chi connectivity index (χ1) is 6.02. The summed E-state index contributed by atoms with van der Waals surface area (Å²) >= 11 is 0. The Morgan fingerprint density at radius 3 is 2.14 bits per heavy atom. The first kappa shape index (κ1) is 13.0. The number of hydrogen-bond donors (Lipinski definition) is 3. The molecule has 1 aromatic rings. The summed E-state index contributed by atoms with van der Waals surface area (Å²) in [6.07, 6.45) is 0. The zero-order chi connectivity index (χ0) is 10.0. The summed E-state index contributed by atoms with van der Waals surface area (Å²) in [5.41, 5.74) is 5.15. The van der Waals surface area contributed by atoms with E-state index in [0.717, 1.165) is 6.07 Å². The van der Waals surface area contributed by atoms with Crippen LogP contribution >= 0.6 is 0 Å². The van der Waals surface area contributed by atoms with Crippen LogP contribution in [0.4, 0.5) is 5.69 Å². The molecule has 0 aliphatic rings. The van der Waals surface area contributed by atoms with Gasteiger partial charge >= 0.3 is 41.5 Å². The zero-order valence-corrected chi connectivity index (χ0v) is 9.52. The number of anilines is 1. The molecule has 0 heterocycles. The van der Waals surface area contributed by atoms with Crippen LogP contribution in [0.15, 0.2) is 18.2 Å². The van der Waals surface area contributed by atoms with Crippen LogP contribution < -0.4 is 35.3 Å². The molecule has 0 saturated carbocycles. The van der Waals surface area contributed by atoms with Crippen LogP contribution in [0, 0.1) is 0 Å². The maximum absolute atomic E-state index is 10.5. The molecule has 4 N–H and O–H groups in total. The molecule has 0 aliphatic carbocycles. The molecule has 5 nitrogen and oxygen atoms in total. The van der Waals surface area contributed by atoms with Crippen molar-refractivity contribution in [1.82, 2.24) is 0 Å². The predicted molar refractivity (Wildman–Crippen MR) is 45.9 cm³/mol. The Hall–Kier alpha value is -1.04. The first-order valence-corrected chi connectivity index (χ1v) is 3.38. The van der Waals surface area contributed by atoms with Gasteiger partial charge in [-0.1, -0.05) is 0 Å². The molecule has 0 fully saturated rings. The van der Waals surface area contributed by atoms with Gasteiger partial charge in [0.15, 0.2) is 0 Å². The smallest absolute Gasteiger partial charge is 1.00 e. The largest absolute Gasteiger partial charge is 1.00 e. The van der Waals surface area contributed by atoms with Crippen molar-refractivity contribution in [1.29, 1.82) is 0 Å². The van der Waals surface area contributed by atoms with E-state index in [1.54, 1.807) is 0 Å². The standard InChI is InChI=1S/C8H7NO4.Na.H/c9-6-3-4(7(10)11)1-2-5(6)8(12)13;;/h1-3H,9H2,(H,10,11)(H,12,13);;/q;+1;-1. The predicted octanol–water partition coefficient (Wildman–Crippen LogP) is -2.22. The maximum Gasteiger partial charge on any atom is 1.00 e. The Labute approximate surface area is 103 Å². The second-order valence-electron chi connectivity index (χ2n) is 2.41. The summed E-state index contributed by atoms with van der Waals surface area (Å²) in [6.45, 7) is 0. The Bertz CT molecular complexity index is 383. The Kier molecular flexibility index (Phi) is 4.62. The molecule has 1 aromatic carbocycles. The van der Waals surface area contributed by atoms with E-state index < -0.39 is 11.9 Å². The SMILES string of the molecule is Nc1cc(C(=O)O)ccc1C(=O)O.[H-].[Na+]. The van der Waals surface area contributed by atoms with E-state index in [9.17, 15) is 9.59 Å². The van der Waals surface area contributed by atoms with Gasteiger partial charge in [-0.2, -0.15) is 0 Å². The minimum atomic E-state index is -1.17. The maximum atomic E-state index is 10.5. The third-order valence-corrected chi connectivity index (χ3v) is 1.53. The summed E-state index contributed by atoms with van der Waals surface area (Å²) in [4.78, 5) is 20.9. The number of carboxylic acids is 2. The fraction of sp³-hybridized carbons (Fsp3) is 0. The third-order valence-electron chi connectivity index (χ3n) is 1.53.